The molecule has 2 rings (SSSR count). The number of nitrogens with zero attached hydrogens (tertiary/aromatic N) is 3. The number of hydrogen-bond acceptors (Lipinski definition) is 5. The van der Waals surface area contributed by atoms with E-state index in [2.05, 4.69) is 20.1 Å². The van der Waals surface area contributed by atoms with Gasteiger partial charge in [-0.3, -0.25) is 14.7 Å². The molecule has 1 aliphatic carbocycles. The summed E-state index contributed by atoms with van der Waals surface area (Å²) in [6.07, 6.45) is 4.27. The van der Waals surface area contributed by atoms with Crippen LogP contribution >= 0.6 is 24.0 Å². The Balaban J connectivity index is 0.00000312. The van der Waals surface area contributed by atoms with Crippen molar-refractivity contribution >= 4 is 35.9 Å². The van der Waals surface area contributed by atoms with E-state index < -0.39 is 0 Å². The number of nitrogens with one attached hydrogen (secondary N) is 1. The average Bonchev–Trinajstić information content (AvgIpc) is 3.46. The first kappa shape index (κ1) is 22.4. The number of aliphatic imine (C=N–C) groups is 1. The van der Waals surface area contributed by atoms with E-state index in [1.54, 1.807) is 7.11 Å². The lowest BCUT2D eigenvalue weighted by atomic mass is 9.97. The van der Waals surface area contributed by atoms with Crippen LogP contribution in [0.1, 0.15) is 25.7 Å². The predicted octanol–water partition coefficient (Wildman–Crippen LogP) is 1.18. The number of esters is 1. The van der Waals surface area contributed by atoms with Crippen molar-refractivity contribution in [2.75, 3.05) is 60.6 Å². The first-order valence-corrected chi connectivity index (χ1v) is 8.96. The Hall–Kier alpha value is -0.610. The Labute approximate surface area is 168 Å². The van der Waals surface area contributed by atoms with Crippen molar-refractivity contribution in [2.45, 2.75) is 31.7 Å². The van der Waals surface area contributed by atoms with Crippen LogP contribution in [0.3, 0.4) is 0 Å². The topological polar surface area (TPSA) is 66.4 Å². The van der Waals surface area contributed by atoms with Crippen molar-refractivity contribution in [2.24, 2.45) is 10.9 Å². The Morgan fingerprint density at radius 3 is 2.40 bits per heavy atom. The zero-order valence-electron chi connectivity index (χ0n) is 15.7. The number of halogens is 1. The number of hydrogen-bond donors (Lipinski definition) is 1. The van der Waals surface area contributed by atoms with Crippen molar-refractivity contribution in [3.05, 3.63) is 0 Å². The highest BCUT2D eigenvalue weighted by atomic mass is 127. The molecule has 1 aliphatic heterocycles. The average molecular weight is 468 g/mol. The number of carbonyl (C=O) groups excluding carboxylic acids is 1. The minimum Gasteiger partial charge on any atom is -0.469 e. The van der Waals surface area contributed by atoms with E-state index >= 15 is 0 Å². The van der Waals surface area contributed by atoms with Crippen LogP contribution in [0.4, 0.5) is 0 Å². The van der Waals surface area contributed by atoms with E-state index in [1.807, 2.05) is 7.05 Å². The van der Waals surface area contributed by atoms with Crippen molar-refractivity contribution in [1.29, 1.82) is 0 Å². The van der Waals surface area contributed by atoms with E-state index in [1.165, 1.54) is 20.0 Å². The number of ether oxygens (including phenoxy) is 2. The molecule has 0 atom stereocenters. The summed E-state index contributed by atoms with van der Waals surface area (Å²) in [6.45, 7) is 5.35. The quantitative estimate of drug-likeness (QED) is 0.250. The van der Waals surface area contributed by atoms with Crippen molar-refractivity contribution in [3.8, 4) is 0 Å². The van der Waals surface area contributed by atoms with Gasteiger partial charge >= 0.3 is 5.97 Å². The van der Waals surface area contributed by atoms with Gasteiger partial charge in [-0.15, -0.1) is 24.0 Å². The van der Waals surface area contributed by atoms with Crippen molar-refractivity contribution in [3.63, 3.8) is 0 Å². The highest BCUT2D eigenvalue weighted by Crippen LogP contribution is 2.26. The second-order valence-electron chi connectivity index (χ2n) is 6.52. The number of likely N-dealkylation sites (tertiary alicyclic amines) is 1. The first-order valence-electron chi connectivity index (χ1n) is 8.96. The summed E-state index contributed by atoms with van der Waals surface area (Å²) in [5, 5.41) is 3.46. The van der Waals surface area contributed by atoms with Crippen LogP contribution in [-0.2, 0) is 14.3 Å². The van der Waals surface area contributed by atoms with Gasteiger partial charge in [-0.05, 0) is 25.7 Å². The third-order valence-electron chi connectivity index (χ3n) is 4.87. The molecule has 0 aromatic rings. The van der Waals surface area contributed by atoms with Gasteiger partial charge in [0.2, 0.25) is 0 Å². The Bertz CT molecular complexity index is 424. The highest BCUT2D eigenvalue weighted by molar-refractivity contribution is 14.0. The lowest BCUT2D eigenvalue weighted by Crippen LogP contribution is -2.48. The minimum absolute atomic E-state index is 0. The molecule has 1 saturated carbocycles. The summed E-state index contributed by atoms with van der Waals surface area (Å²) in [5.41, 5.74) is 0. The molecule has 0 aromatic carbocycles. The maximum absolute atomic E-state index is 11.6. The standard InChI is InChI=1S/C17H32N4O3.HI/c1-18-17(21-9-6-14(7-10-21)16(22)24-3)19-8-11-20(12-13-23-2)15-4-5-15;/h14-15H,4-13H2,1-3H3,(H,18,19);1H. The van der Waals surface area contributed by atoms with Crippen LogP contribution in [-0.4, -0.2) is 88.4 Å². The SMILES string of the molecule is CN=C(NCCN(CCOC)C1CC1)N1CCC(C(=O)OC)CC1.I. The van der Waals surface area contributed by atoms with Gasteiger partial charge in [0.15, 0.2) is 5.96 Å². The molecule has 0 unspecified atom stereocenters. The minimum atomic E-state index is -0.0872. The first-order chi connectivity index (χ1) is 11.7. The van der Waals surface area contributed by atoms with Gasteiger partial charge in [-0.1, -0.05) is 0 Å². The summed E-state index contributed by atoms with van der Waals surface area (Å²) in [5.74, 6) is 0.875. The summed E-state index contributed by atoms with van der Waals surface area (Å²) in [7, 11) is 5.03. The molecule has 2 fully saturated rings. The largest absolute Gasteiger partial charge is 0.469 e. The monoisotopic (exact) mass is 468 g/mol. The van der Waals surface area contributed by atoms with Gasteiger partial charge in [0.05, 0.1) is 19.6 Å². The van der Waals surface area contributed by atoms with E-state index in [0.717, 1.165) is 64.2 Å². The van der Waals surface area contributed by atoms with Crippen LogP contribution in [0.2, 0.25) is 0 Å². The van der Waals surface area contributed by atoms with E-state index in [-0.39, 0.29) is 35.9 Å². The fourth-order valence-corrected chi connectivity index (χ4v) is 3.26. The molecule has 1 N–H and O–H groups in total. The molecule has 7 nitrogen and oxygen atoms in total. The molecule has 2 aliphatic rings. The van der Waals surface area contributed by atoms with Crippen molar-refractivity contribution in [1.82, 2.24) is 15.1 Å². The third-order valence-corrected chi connectivity index (χ3v) is 4.87. The van der Waals surface area contributed by atoms with Gasteiger partial charge in [-0.2, -0.15) is 0 Å². The molecule has 0 amide bonds. The van der Waals surface area contributed by atoms with Crippen LogP contribution < -0.4 is 5.32 Å². The van der Waals surface area contributed by atoms with Gasteiger partial charge in [0.25, 0.3) is 0 Å². The molecular weight excluding hydrogens is 435 g/mol. The van der Waals surface area contributed by atoms with Crippen LogP contribution in [0.15, 0.2) is 4.99 Å². The van der Waals surface area contributed by atoms with Crippen LogP contribution in [0, 0.1) is 5.92 Å². The molecule has 0 bridgehead atoms. The zero-order chi connectivity index (χ0) is 17.4. The number of methoxy groups -OCH3 is 2. The van der Waals surface area contributed by atoms with Gasteiger partial charge < -0.3 is 19.7 Å². The highest BCUT2D eigenvalue weighted by Gasteiger charge is 2.29. The zero-order valence-corrected chi connectivity index (χ0v) is 18.0. The molecule has 25 heavy (non-hydrogen) atoms. The molecule has 8 heteroatoms. The molecule has 1 heterocycles. The Morgan fingerprint density at radius 2 is 1.88 bits per heavy atom. The predicted molar refractivity (Wildman–Crippen MR) is 110 cm³/mol. The molecule has 0 aromatic heterocycles. The van der Waals surface area contributed by atoms with E-state index in [9.17, 15) is 4.79 Å². The van der Waals surface area contributed by atoms with Gasteiger partial charge in [-0.25, -0.2) is 0 Å². The number of carbonyl (C=O) groups is 1. The van der Waals surface area contributed by atoms with Crippen molar-refractivity contribution < 1.29 is 14.3 Å². The maximum Gasteiger partial charge on any atom is 0.308 e. The fourth-order valence-electron chi connectivity index (χ4n) is 3.26. The molecule has 146 valence electrons. The summed E-state index contributed by atoms with van der Waals surface area (Å²) in [6, 6.07) is 0.736. The smallest absolute Gasteiger partial charge is 0.308 e. The fraction of sp³-hybridized carbons (Fsp3) is 0.882. The lowest BCUT2D eigenvalue weighted by Gasteiger charge is -2.33. The van der Waals surface area contributed by atoms with E-state index in [0.29, 0.717) is 0 Å². The van der Waals surface area contributed by atoms with Gasteiger partial charge in [0.1, 0.15) is 0 Å². The lowest BCUT2D eigenvalue weighted by molar-refractivity contribution is -0.146. The summed E-state index contributed by atoms with van der Waals surface area (Å²) >= 11 is 0. The third kappa shape index (κ3) is 7.26. The molecular formula is C17H33IN4O3. The van der Waals surface area contributed by atoms with Crippen LogP contribution in [0.5, 0.6) is 0 Å². The van der Waals surface area contributed by atoms with Gasteiger partial charge in [0, 0.05) is 52.9 Å². The second-order valence-corrected chi connectivity index (χ2v) is 6.52. The maximum atomic E-state index is 11.6. The molecule has 1 saturated heterocycles. The number of rotatable bonds is 8. The normalized spacial score (nSPS) is 18.9. The number of guanidine groups is 1. The summed E-state index contributed by atoms with van der Waals surface area (Å²) in [4.78, 5) is 20.7. The van der Waals surface area contributed by atoms with E-state index in [4.69, 9.17) is 9.47 Å². The Morgan fingerprint density at radius 1 is 1.20 bits per heavy atom. The summed E-state index contributed by atoms with van der Waals surface area (Å²) < 4.78 is 10.0. The second kappa shape index (κ2) is 11.9. The Kier molecular flexibility index (Phi) is 10.7. The van der Waals surface area contributed by atoms with Crippen LogP contribution in [0.25, 0.3) is 0 Å². The molecule has 0 spiro atoms. The molecule has 0 radical (unpaired) electrons. The number of piperidine rings is 1.